The van der Waals surface area contributed by atoms with Crippen LogP contribution in [0.25, 0.3) is 0 Å². The minimum atomic E-state index is 0.180. The lowest BCUT2D eigenvalue weighted by Crippen LogP contribution is -2.34. The van der Waals surface area contributed by atoms with E-state index >= 15 is 0 Å². The van der Waals surface area contributed by atoms with E-state index in [1.807, 2.05) is 0 Å². The molecule has 0 saturated heterocycles. The van der Waals surface area contributed by atoms with Gasteiger partial charge in [-0.2, -0.15) is 0 Å². The number of rotatable bonds is 6. The van der Waals surface area contributed by atoms with Gasteiger partial charge in [-0.1, -0.05) is 46.0 Å². The normalized spacial score (nSPS) is 19.3. The molecular weight excluding hydrogens is 212 g/mol. The highest BCUT2D eigenvalue weighted by Crippen LogP contribution is 2.31. The van der Waals surface area contributed by atoms with E-state index in [4.69, 9.17) is 5.73 Å². The predicted molar refractivity (Wildman–Crippen MR) is 71.6 cm³/mol. The first-order valence-electron chi connectivity index (χ1n) is 7.10. The van der Waals surface area contributed by atoms with Crippen LogP contribution in [0.1, 0.15) is 52.4 Å². The molecule has 3 N–H and O–H groups in total. The maximum absolute atomic E-state index is 11.8. The minimum absolute atomic E-state index is 0.180. The Labute approximate surface area is 106 Å². The summed E-state index contributed by atoms with van der Waals surface area (Å²) in [6, 6.07) is 0. The van der Waals surface area contributed by atoms with Crippen molar-refractivity contribution < 1.29 is 4.79 Å². The topological polar surface area (TPSA) is 55.1 Å². The number of carbonyl (C=O) groups is 1. The van der Waals surface area contributed by atoms with Gasteiger partial charge in [0.25, 0.3) is 0 Å². The number of nitrogens with one attached hydrogen (secondary N) is 1. The smallest absolute Gasteiger partial charge is 0.220 e. The van der Waals surface area contributed by atoms with E-state index in [-0.39, 0.29) is 5.91 Å². The fraction of sp³-hybridized carbons (Fsp3) is 0.929. The molecule has 0 aromatic carbocycles. The fourth-order valence-corrected chi connectivity index (χ4v) is 2.68. The molecule has 0 heterocycles. The van der Waals surface area contributed by atoms with Crippen molar-refractivity contribution in [1.29, 1.82) is 0 Å². The summed E-state index contributed by atoms with van der Waals surface area (Å²) >= 11 is 0. The molecule has 1 aliphatic rings. The lowest BCUT2D eigenvalue weighted by molar-refractivity contribution is -0.122. The molecule has 1 amide bonds. The average Bonchev–Trinajstić information content (AvgIpc) is 2.34. The zero-order chi connectivity index (χ0) is 12.7. The zero-order valence-electron chi connectivity index (χ0n) is 11.4. The Morgan fingerprint density at radius 1 is 1.29 bits per heavy atom. The second-order valence-corrected chi connectivity index (χ2v) is 5.80. The highest BCUT2D eigenvalue weighted by Gasteiger charge is 2.24. The molecule has 100 valence electrons. The van der Waals surface area contributed by atoms with Gasteiger partial charge < -0.3 is 11.1 Å². The highest BCUT2D eigenvalue weighted by molar-refractivity contribution is 5.76. The van der Waals surface area contributed by atoms with E-state index in [2.05, 4.69) is 19.2 Å². The molecule has 1 fully saturated rings. The second-order valence-electron chi connectivity index (χ2n) is 5.80. The maximum Gasteiger partial charge on any atom is 0.220 e. The van der Waals surface area contributed by atoms with Gasteiger partial charge in [-0.05, 0) is 24.3 Å². The maximum atomic E-state index is 11.8. The van der Waals surface area contributed by atoms with E-state index in [1.165, 1.54) is 32.1 Å². The third-order valence-corrected chi connectivity index (χ3v) is 3.77. The molecule has 0 aliphatic heterocycles. The van der Waals surface area contributed by atoms with Crippen molar-refractivity contribution in [2.24, 2.45) is 23.5 Å². The minimum Gasteiger partial charge on any atom is -0.356 e. The summed E-state index contributed by atoms with van der Waals surface area (Å²) in [5, 5.41) is 2.99. The third-order valence-electron chi connectivity index (χ3n) is 3.77. The van der Waals surface area contributed by atoms with Gasteiger partial charge in [0.15, 0.2) is 0 Å². The van der Waals surface area contributed by atoms with Crippen molar-refractivity contribution in [3.8, 4) is 0 Å². The van der Waals surface area contributed by atoms with Crippen LogP contribution in [-0.4, -0.2) is 19.0 Å². The number of amides is 1. The van der Waals surface area contributed by atoms with Gasteiger partial charge in [0.2, 0.25) is 5.91 Å². The molecule has 1 saturated carbocycles. The Morgan fingerprint density at radius 3 is 2.47 bits per heavy atom. The molecule has 1 unspecified atom stereocenters. The van der Waals surface area contributed by atoms with Crippen LogP contribution in [0, 0.1) is 17.8 Å². The Hall–Kier alpha value is -0.570. The van der Waals surface area contributed by atoms with Crippen LogP contribution < -0.4 is 11.1 Å². The number of hydrogen-bond donors (Lipinski definition) is 2. The summed E-state index contributed by atoms with van der Waals surface area (Å²) in [6.45, 7) is 5.66. The standard InChI is InChI=1S/C14H28N2O/c1-11(2)10-16-14(17)8-13(9-15)12-6-4-3-5-7-12/h11-13H,3-10,15H2,1-2H3,(H,16,17). The van der Waals surface area contributed by atoms with Gasteiger partial charge in [0, 0.05) is 13.0 Å². The van der Waals surface area contributed by atoms with Crippen molar-refractivity contribution >= 4 is 5.91 Å². The van der Waals surface area contributed by atoms with Crippen LogP contribution in [0.5, 0.6) is 0 Å². The molecule has 0 radical (unpaired) electrons. The second kappa shape index (κ2) is 7.70. The van der Waals surface area contributed by atoms with Gasteiger partial charge in [-0.3, -0.25) is 4.79 Å². The molecule has 17 heavy (non-hydrogen) atoms. The first kappa shape index (κ1) is 14.5. The molecule has 0 spiro atoms. The fourth-order valence-electron chi connectivity index (χ4n) is 2.68. The van der Waals surface area contributed by atoms with Crippen LogP contribution in [0.4, 0.5) is 0 Å². The monoisotopic (exact) mass is 240 g/mol. The molecule has 0 aromatic heterocycles. The summed E-state index contributed by atoms with van der Waals surface area (Å²) in [7, 11) is 0. The Bertz CT molecular complexity index is 222. The third kappa shape index (κ3) is 5.53. The van der Waals surface area contributed by atoms with Gasteiger partial charge in [0.1, 0.15) is 0 Å². The highest BCUT2D eigenvalue weighted by atomic mass is 16.1. The lowest BCUT2D eigenvalue weighted by Gasteiger charge is -2.29. The van der Waals surface area contributed by atoms with Gasteiger partial charge in [-0.25, -0.2) is 0 Å². The number of carbonyl (C=O) groups excluding carboxylic acids is 1. The quantitative estimate of drug-likeness (QED) is 0.748. The van der Waals surface area contributed by atoms with E-state index in [0.717, 1.165) is 6.54 Å². The first-order chi connectivity index (χ1) is 8.13. The summed E-state index contributed by atoms with van der Waals surface area (Å²) in [4.78, 5) is 11.8. The predicted octanol–water partition coefficient (Wildman–Crippen LogP) is 2.30. The van der Waals surface area contributed by atoms with Gasteiger partial charge >= 0.3 is 0 Å². The Morgan fingerprint density at radius 2 is 1.94 bits per heavy atom. The number of nitrogens with two attached hydrogens (primary N) is 1. The van der Waals surface area contributed by atoms with Crippen molar-refractivity contribution in [3.05, 3.63) is 0 Å². The summed E-state index contributed by atoms with van der Waals surface area (Å²) in [5.41, 5.74) is 5.83. The van der Waals surface area contributed by atoms with Crippen LogP contribution in [0.2, 0.25) is 0 Å². The van der Waals surface area contributed by atoms with Crippen molar-refractivity contribution in [3.63, 3.8) is 0 Å². The van der Waals surface area contributed by atoms with Crippen LogP contribution in [0.15, 0.2) is 0 Å². The molecular formula is C14H28N2O. The van der Waals surface area contributed by atoms with Gasteiger partial charge in [-0.15, -0.1) is 0 Å². The van der Waals surface area contributed by atoms with E-state index in [0.29, 0.717) is 30.7 Å². The van der Waals surface area contributed by atoms with E-state index in [9.17, 15) is 4.79 Å². The SMILES string of the molecule is CC(C)CNC(=O)CC(CN)C1CCCCC1. The largest absolute Gasteiger partial charge is 0.356 e. The van der Waals surface area contributed by atoms with Gasteiger partial charge in [0.05, 0.1) is 0 Å². The average molecular weight is 240 g/mol. The lowest BCUT2D eigenvalue weighted by atomic mass is 9.78. The van der Waals surface area contributed by atoms with Crippen molar-refractivity contribution in [2.75, 3.05) is 13.1 Å². The summed E-state index contributed by atoms with van der Waals surface area (Å²) < 4.78 is 0. The van der Waals surface area contributed by atoms with Crippen LogP contribution >= 0.6 is 0 Å². The Balaban J connectivity index is 2.32. The zero-order valence-corrected chi connectivity index (χ0v) is 11.4. The molecule has 3 nitrogen and oxygen atoms in total. The molecule has 0 aromatic rings. The van der Waals surface area contributed by atoms with E-state index in [1.54, 1.807) is 0 Å². The molecule has 0 bridgehead atoms. The first-order valence-corrected chi connectivity index (χ1v) is 7.10. The van der Waals surface area contributed by atoms with Crippen LogP contribution in [-0.2, 0) is 4.79 Å². The molecule has 3 heteroatoms. The van der Waals surface area contributed by atoms with Crippen molar-refractivity contribution in [2.45, 2.75) is 52.4 Å². The summed E-state index contributed by atoms with van der Waals surface area (Å²) in [6.07, 6.45) is 7.13. The van der Waals surface area contributed by atoms with E-state index < -0.39 is 0 Å². The molecule has 1 atom stereocenters. The number of hydrogen-bond acceptors (Lipinski definition) is 2. The van der Waals surface area contributed by atoms with Crippen LogP contribution in [0.3, 0.4) is 0 Å². The van der Waals surface area contributed by atoms with Crippen molar-refractivity contribution in [1.82, 2.24) is 5.32 Å². The summed E-state index contributed by atoms with van der Waals surface area (Å²) in [5.74, 6) is 1.77. The Kier molecular flexibility index (Phi) is 6.56. The molecule has 1 rings (SSSR count). The molecule has 1 aliphatic carbocycles.